The lowest BCUT2D eigenvalue weighted by molar-refractivity contribution is -0.270. The molecule has 1 unspecified atom stereocenters. The normalized spacial score (nSPS) is 18.5. The maximum absolute atomic E-state index is 12.6. The van der Waals surface area contributed by atoms with E-state index in [9.17, 15) is 4.79 Å². The Balaban J connectivity index is 1.52. The van der Waals surface area contributed by atoms with Gasteiger partial charge >= 0.3 is 6.03 Å². The van der Waals surface area contributed by atoms with Crippen LogP contribution in [0.1, 0.15) is 44.6 Å². The lowest BCUT2D eigenvalue weighted by Crippen LogP contribution is -2.42. The molecule has 0 aromatic heterocycles. The summed E-state index contributed by atoms with van der Waals surface area (Å²) in [6.07, 6.45) is 10.8. The summed E-state index contributed by atoms with van der Waals surface area (Å²) in [7, 11) is 0. The molecule has 4 rings (SSSR count). The Kier molecular flexibility index (Phi) is 7.22. The predicted octanol–water partition coefficient (Wildman–Crippen LogP) is 5.44. The van der Waals surface area contributed by atoms with E-state index in [0.717, 1.165) is 59.9 Å². The van der Waals surface area contributed by atoms with Gasteiger partial charge in [0.1, 0.15) is 11.5 Å². The third-order valence-corrected chi connectivity index (χ3v) is 5.36. The summed E-state index contributed by atoms with van der Waals surface area (Å²) in [5, 5.41) is 6.28. The fourth-order valence-corrected chi connectivity index (χ4v) is 3.78. The Hall–Kier alpha value is -2.83. The van der Waals surface area contributed by atoms with Crippen molar-refractivity contribution in [2.75, 3.05) is 13.2 Å². The third kappa shape index (κ3) is 5.66. The zero-order chi connectivity index (χ0) is 21.5. The minimum absolute atomic E-state index is 0.259. The quantitative estimate of drug-likeness (QED) is 0.604. The van der Waals surface area contributed by atoms with Gasteiger partial charge in [0.15, 0.2) is 6.29 Å². The molecule has 1 aliphatic carbocycles. The SMILES string of the molecule is CCNC(=O)N(Cc1ccc2c(OC3=CCCC=C3)cccc2c1)OC1CCCCO1. The van der Waals surface area contributed by atoms with E-state index < -0.39 is 0 Å². The summed E-state index contributed by atoms with van der Waals surface area (Å²) < 4.78 is 11.8. The minimum Gasteiger partial charge on any atom is -0.457 e. The van der Waals surface area contributed by atoms with Crippen LogP contribution in [0.25, 0.3) is 10.8 Å². The number of carbonyl (C=O) groups excluding carboxylic acids is 1. The number of amides is 2. The summed E-state index contributed by atoms with van der Waals surface area (Å²) >= 11 is 0. The molecular weight excluding hydrogens is 392 g/mol. The Morgan fingerprint density at radius 3 is 2.94 bits per heavy atom. The molecule has 31 heavy (non-hydrogen) atoms. The molecule has 0 radical (unpaired) electrons. The van der Waals surface area contributed by atoms with E-state index in [2.05, 4.69) is 29.6 Å². The largest absolute Gasteiger partial charge is 0.457 e. The highest BCUT2D eigenvalue weighted by atomic mass is 16.8. The molecule has 0 bridgehead atoms. The topological polar surface area (TPSA) is 60.0 Å². The molecule has 1 aliphatic heterocycles. The number of urea groups is 1. The van der Waals surface area contributed by atoms with Crippen molar-refractivity contribution in [2.24, 2.45) is 0 Å². The number of allylic oxidation sites excluding steroid dienone is 3. The highest BCUT2D eigenvalue weighted by Crippen LogP contribution is 2.29. The van der Waals surface area contributed by atoms with Gasteiger partial charge in [0.2, 0.25) is 0 Å². The van der Waals surface area contributed by atoms with Crippen molar-refractivity contribution in [1.29, 1.82) is 0 Å². The first kappa shape index (κ1) is 21.4. The smallest absolute Gasteiger partial charge is 0.341 e. The fourth-order valence-electron chi connectivity index (χ4n) is 3.78. The van der Waals surface area contributed by atoms with Gasteiger partial charge in [0.25, 0.3) is 0 Å². The van der Waals surface area contributed by atoms with E-state index in [0.29, 0.717) is 19.7 Å². The van der Waals surface area contributed by atoms with Gasteiger partial charge in [0, 0.05) is 25.0 Å². The van der Waals surface area contributed by atoms with Crippen molar-refractivity contribution < 1.29 is 19.1 Å². The molecular formula is C25H30N2O4. The van der Waals surface area contributed by atoms with Crippen LogP contribution >= 0.6 is 0 Å². The van der Waals surface area contributed by atoms with E-state index in [4.69, 9.17) is 14.3 Å². The van der Waals surface area contributed by atoms with Crippen molar-refractivity contribution in [3.63, 3.8) is 0 Å². The van der Waals surface area contributed by atoms with Gasteiger partial charge < -0.3 is 14.8 Å². The van der Waals surface area contributed by atoms with Gasteiger partial charge in [-0.1, -0.05) is 30.3 Å². The second-order valence-corrected chi connectivity index (χ2v) is 7.77. The van der Waals surface area contributed by atoms with Gasteiger partial charge in [-0.15, -0.1) is 0 Å². The number of carbonyl (C=O) groups is 1. The van der Waals surface area contributed by atoms with Crippen LogP contribution in [-0.4, -0.2) is 30.5 Å². The van der Waals surface area contributed by atoms with Crippen LogP contribution in [0, 0.1) is 0 Å². The number of fused-ring (bicyclic) bond motifs is 1. The molecule has 6 nitrogen and oxygen atoms in total. The zero-order valence-electron chi connectivity index (χ0n) is 18.0. The van der Waals surface area contributed by atoms with E-state index >= 15 is 0 Å². The first-order valence-corrected chi connectivity index (χ1v) is 11.1. The van der Waals surface area contributed by atoms with E-state index in [1.165, 1.54) is 5.06 Å². The average molecular weight is 423 g/mol. The zero-order valence-corrected chi connectivity index (χ0v) is 18.0. The standard InChI is InChI=1S/C25H30N2O4/c1-2-26-25(28)27(31-24-13-6-7-16-29-24)18-19-14-15-22-20(17-19)9-8-12-23(22)30-21-10-4-3-5-11-21/h4,8-12,14-15,17,24H,2-3,5-7,13,16,18H2,1H3,(H,26,28). The molecule has 164 valence electrons. The second kappa shape index (κ2) is 10.5. The fraction of sp³-hybridized carbons (Fsp3) is 0.400. The molecule has 1 fully saturated rings. The van der Waals surface area contributed by atoms with Crippen molar-refractivity contribution in [1.82, 2.24) is 10.4 Å². The molecule has 0 spiro atoms. The molecule has 0 saturated carbocycles. The highest BCUT2D eigenvalue weighted by Gasteiger charge is 2.22. The number of benzene rings is 2. The first-order valence-electron chi connectivity index (χ1n) is 11.1. The number of hydrogen-bond donors (Lipinski definition) is 1. The van der Waals surface area contributed by atoms with Gasteiger partial charge in [0.05, 0.1) is 6.54 Å². The van der Waals surface area contributed by atoms with Crippen LogP contribution in [0.15, 0.2) is 60.4 Å². The molecule has 2 aromatic rings. The van der Waals surface area contributed by atoms with Crippen LogP contribution in [0.2, 0.25) is 0 Å². The molecule has 1 saturated heterocycles. The molecule has 2 amide bonds. The number of nitrogens with one attached hydrogen (secondary N) is 1. The maximum Gasteiger partial charge on any atom is 0.341 e. The van der Waals surface area contributed by atoms with E-state index in [-0.39, 0.29) is 12.3 Å². The number of hydroxylamine groups is 2. The summed E-state index contributed by atoms with van der Waals surface area (Å²) in [5.74, 6) is 1.71. The Morgan fingerprint density at radius 1 is 1.23 bits per heavy atom. The third-order valence-electron chi connectivity index (χ3n) is 5.36. The maximum atomic E-state index is 12.6. The van der Waals surface area contributed by atoms with Crippen molar-refractivity contribution in [3.05, 3.63) is 65.9 Å². The Morgan fingerprint density at radius 2 is 2.16 bits per heavy atom. The lowest BCUT2D eigenvalue weighted by Gasteiger charge is -2.29. The number of ether oxygens (including phenoxy) is 2. The van der Waals surface area contributed by atoms with E-state index in [1.807, 2.05) is 37.3 Å². The molecule has 1 N–H and O–H groups in total. The lowest BCUT2D eigenvalue weighted by atomic mass is 10.1. The van der Waals surface area contributed by atoms with Crippen LogP contribution in [-0.2, 0) is 16.1 Å². The van der Waals surface area contributed by atoms with Gasteiger partial charge in [-0.05, 0) is 67.8 Å². The summed E-state index contributed by atoms with van der Waals surface area (Å²) in [4.78, 5) is 18.5. The molecule has 2 aromatic carbocycles. The monoisotopic (exact) mass is 422 g/mol. The Labute approximate surface area is 183 Å². The number of nitrogens with zero attached hydrogens (tertiary/aromatic N) is 1. The minimum atomic E-state index is -0.381. The average Bonchev–Trinajstić information content (AvgIpc) is 2.80. The van der Waals surface area contributed by atoms with Gasteiger partial charge in [-0.25, -0.2) is 9.63 Å². The first-order chi connectivity index (χ1) is 15.2. The molecule has 2 aliphatic rings. The molecule has 1 atom stereocenters. The summed E-state index contributed by atoms with van der Waals surface area (Å²) in [6.45, 7) is 3.42. The Bertz CT molecular complexity index is 963. The summed E-state index contributed by atoms with van der Waals surface area (Å²) in [5.41, 5.74) is 0.975. The van der Waals surface area contributed by atoms with Crippen LogP contribution in [0.4, 0.5) is 4.79 Å². The highest BCUT2D eigenvalue weighted by molar-refractivity contribution is 5.89. The summed E-state index contributed by atoms with van der Waals surface area (Å²) in [6, 6.07) is 11.9. The number of rotatable bonds is 7. The van der Waals surface area contributed by atoms with Crippen LogP contribution in [0.5, 0.6) is 5.75 Å². The second-order valence-electron chi connectivity index (χ2n) is 7.77. The predicted molar refractivity (Wildman–Crippen MR) is 120 cm³/mol. The van der Waals surface area contributed by atoms with Crippen LogP contribution in [0.3, 0.4) is 0 Å². The van der Waals surface area contributed by atoms with Crippen molar-refractivity contribution >= 4 is 16.8 Å². The van der Waals surface area contributed by atoms with E-state index in [1.54, 1.807) is 0 Å². The molecule has 6 heteroatoms. The van der Waals surface area contributed by atoms with Crippen molar-refractivity contribution in [2.45, 2.75) is 51.9 Å². The number of hydrogen-bond acceptors (Lipinski definition) is 4. The van der Waals surface area contributed by atoms with Gasteiger partial charge in [-0.3, -0.25) is 0 Å². The van der Waals surface area contributed by atoms with Crippen molar-refractivity contribution in [3.8, 4) is 5.75 Å². The van der Waals surface area contributed by atoms with Crippen LogP contribution < -0.4 is 10.1 Å². The van der Waals surface area contributed by atoms with Gasteiger partial charge in [-0.2, -0.15) is 5.06 Å². The molecule has 1 heterocycles.